The third-order valence-electron chi connectivity index (χ3n) is 3.86. The molecule has 0 saturated carbocycles. The SMILES string of the molecule is COc1cc(C)c(S(=O)(=O)Nc2ccc(C(N)=O)cc2)cc1C(C)C. The maximum atomic E-state index is 12.8. The molecule has 0 aromatic heterocycles. The summed E-state index contributed by atoms with van der Waals surface area (Å²) in [4.78, 5) is 11.3. The lowest BCUT2D eigenvalue weighted by Crippen LogP contribution is -2.16. The average molecular weight is 362 g/mol. The molecule has 0 radical (unpaired) electrons. The van der Waals surface area contributed by atoms with Crippen molar-refractivity contribution in [1.29, 1.82) is 0 Å². The second-order valence-electron chi connectivity index (χ2n) is 6.06. The van der Waals surface area contributed by atoms with Gasteiger partial charge in [0.1, 0.15) is 5.75 Å². The van der Waals surface area contributed by atoms with Crippen molar-refractivity contribution < 1.29 is 17.9 Å². The number of carbonyl (C=O) groups is 1. The van der Waals surface area contributed by atoms with Crippen LogP contribution in [0.5, 0.6) is 5.75 Å². The lowest BCUT2D eigenvalue weighted by Gasteiger charge is -2.17. The molecule has 7 heteroatoms. The van der Waals surface area contributed by atoms with Gasteiger partial charge in [0.25, 0.3) is 10.0 Å². The normalized spacial score (nSPS) is 11.4. The molecule has 0 aliphatic rings. The van der Waals surface area contributed by atoms with Crippen LogP contribution >= 0.6 is 0 Å². The van der Waals surface area contributed by atoms with Crippen LogP contribution < -0.4 is 15.2 Å². The summed E-state index contributed by atoms with van der Waals surface area (Å²) in [6.07, 6.45) is 0. The van der Waals surface area contributed by atoms with Crippen molar-refractivity contribution >= 4 is 21.6 Å². The minimum absolute atomic E-state index is 0.111. The Bertz CT molecular complexity index is 888. The molecule has 2 rings (SSSR count). The van der Waals surface area contributed by atoms with Gasteiger partial charge < -0.3 is 10.5 Å². The molecule has 0 fully saturated rings. The molecular formula is C18H22N2O4S. The van der Waals surface area contributed by atoms with Crippen LogP contribution in [0.2, 0.25) is 0 Å². The fourth-order valence-corrected chi connectivity index (χ4v) is 3.83. The van der Waals surface area contributed by atoms with E-state index in [4.69, 9.17) is 10.5 Å². The first kappa shape index (κ1) is 18.8. The van der Waals surface area contributed by atoms with E-state index in [1.165, 1.54) is 24.3 Å². The number of amides is 1. The first-order chi connectivity index (χ1) is 11.7. The van der Waals surface area contributed by atoms with Gasteiger partial charge in [-0.1, -0.05) is 13.8 Å². The smallest absolute Gasteiger partial charge is 0.262 e. The van der Waals surface area contributed by atoms with Crippen molar-refractivity contribution in [2.75, 3.05) is 11.8 Å². The molecule has 134 valence electrons. The lowest BCUT2D eigenvalue weighted by atomic mass is 10.0. The highest BCUT2D eigenvalue weighted by Crippen LogP contribution is 2.32. The van der Waals surface area contributed by atoms with Crippen molar-refractivity contribution in [3.8, 4) is 5.75 Å². The first-order valence-electron chi connectivity index (χ1n) is 7.77. The Balaban J connectivity index is 2.42. The van der Waals surface area contributed by atoms with Gasteiger partial charge in [-0.3, -0.25) is 9.52 Å². The number of methoxy groups -OCH3 is 1. The van der Waals surface area contributed by atoms with E-state index in [2.05, 4.69) is 4.72 Å². The zero-order chi connectivity index (χ0) is 18.8. The molecule has 0 saturated heterocycles. The number of sulfonamides is 1. The fourth-order valence-electron chi connectivity index (χ4n) is 2.51. The van der Waals surface area contributed by atoms with Crippen molar-refractivity contribution in [3.05, 3.63) is 53.1 Å². The quantitative estimate of drug-likeness (QED) is 0.825. The molecule has 0 aliphatic carbocycles. The summed E-state index contributed by atoms with van der Waals surface area (Å²) in [5.41, 5.74) is 7.25. The molecule has 0 atom stereocenters. The lowest BCUT2D eigenvalue weighted by molar-refractivity contribution is 0.100. The molecule has 0 bridgehead atoms. The number of benzene rings is 2. The second kappa shape index (κ2) is 7.14. The van der Waals surface area contributed by atoms with E-state index in [1.807, 2.05) is 13.8 Å². The number of aryl methyl sites for hydroxylation is 1. The number of carbonyl (C=O) groups excluding carboxylic acids is 1. The Morgan fingerprint density at radius 3 is 2.24 bits per heavy atom. The van der Waals surface area contributed by atoms with Gasteiger partial charge in [-0.25, -0.2) is 8.42 Å². The molecule has 6 nitrogen and oxygen atoms in total. The molecule has 1 amide bonds. The van der Waals surface area contributed by atoms with E-state index in [0.717, 1.165) is 5.56 Å². The molecule has 2 aromatic carbocycles. The number of rotatable bonds is 6. The molecule has 0 heterocycles. The molecule has 0 spiro atoms. The fraction of sp³-hybridized carbons (Fsp3) is 0.278. The zero-order valence-corrected chi connectivity index (χ0v) is 15.5. The Kier molecular flexibility index (Phi) is 5.37. The summed E-state index contributed by atoms with van der Waals surface area (Å²) in [6.45, 7) is 5.66. The van der Waals surface area contributed by atoms with Crippen molar-refractivity contribution in [3.63, 3.8) is 0 Å². The number of nitrogens with two attached hydrogens (primary N) is 1. The van der Waals surface area contributed by atoms with E-state index < -0.39 is 15.9 Å². The Hall–Kier alpha value is -2.54. The van der Waals surface area contributed by atoms with Crippen molar-refractivity contribution in [2.24, 2.45) is 5.73 Å². The monoisotopic (exact) mass is 362 g/mol. The summed E-state index contributed by atoms with van der Waals surface area (Å²) in [6, 6.07) is 9.31. The molecule has 3 N–H and O–H groups in total. The maximum Gasteiger partial charge on any atom is 0.262 e. The summed E-state index contributed by atoms with van der Waals surface area (Å²) in [5.74, 6) is 0.207. The van der Waals surface area contributed by atoms with Gasteiger partial charge >= 0.3 is 0 Å². The predicted molar refractivity (Wildman–Crippen MR) is 97.6 cm³/mol. The van der Waals surface area contributed by atoms with E-state index in [-0.39, 0.29) is 10.8 Å². The van der Waals surface area contributed by atoms with E-state index in [9.17, 15) is 13.2 Å². The van der Waals surface area contributed by atoms with Gasteiger partial charge in [0.15, 0.2) is 0 Å². The summed E-state index contributed by atoms with van der Waals surface area (Å²) < 4.78 is 33.4. The number of hydrogen-bond acceptors (Lipinski definition) is 4. The van der Waals surface area contributed by atoms with Crippen LogP contribution in [0.3, 0.4) is 0 Å². The number of primary amides is 1. The first-order valence-corrected chi connectivity index (χ1v) is 9.25. The zero-order valence-electron chi connectivity index (χ0n) is 14.7. The minimum atomic E-state index is -3.78. The molecular weight excluding hydrogens is 340 g/mol. The number of ether oxygens (including phenoxy) is 1. The molecule has 2 aromatic rings. The second-order valence-corrected chi connectivity index (χ2v) is 7.71. The third-order valence-corrected chi connectivity index (χ3v) is 5.38. The van der Waals surface area contributed by atoms with Gasteiger partial charge in [-0.05, 0) is 60.4 Å². The highest BCUT2D eigenvalue weighted by atomic mass is 32.2. The van der Waals surface area contributed by atoms with Gasteiger partial charge in [-0.15, -0.1) is 0 Å². The Morgan fingerprint density at radius 1 is 1.16 bits per heavy atom. The molecule has 25 heavy (non-hydrogen) atoms. The van der Waals surface area contributed by atoms with Crippen LogP contribution in [0.4, 0.5) is 5.69 Å². The van der Waals surface area contributed by atoms with Crippen LogP contribution in [0.25, 0.3) is 0 Å². The summed E-state index contributed by atoms with van der Waals surface area (Å²) in [5, 5.41) is 0. The summed E-state index contributed by atoms with van der Waals surface area (Å²) in [7, 11) is -2.22. The van der Waals surface area contributed by atoms with Gasteiger partial charge in [-0.2, -0.15) is 0 Å². The Labute approximate surface area is 148 Å². The van der Waals surface area contributed by atoms with Gasteiger partial charge in [0.05, 0.1) is 12.0 Å². The number of hydrogen-bond donors (Lipinski definition) is 2. The van der Waals surface area contributed by atoms with Gasteiger partial charge in [0.2, 0.25) is 5.91 Å². The van der Waals surface area contributed by atoms with Crippen LogP contribution in [0, 0.1) is 6.92 Å². The standard InChI is InChI=1S/C18H22N2O4S/c1-11(2)15-10-17(12(3)9-16(15)24-4)25(22,23)20-14-7-5-13(6-8-14)18(19)21/h5-11,20H,1-4H3,(H2,19,21). The van der Waals surface area contributed by atoms with Crippen molar-refractivity contribution in [2.45, 2.75) is 31.6 Å². The summed E-state index contributed by atoms with van der Waals surface area (Å²) >= 11 is 0. The van der Waals surface area contributed by atoms with Crippen LogP contribution in [-0.2, 0) is 10.0 Å². The van der Waals surface area contributed by atoms with Crippen LogP contribution in [0.1, 0.15) is 41.3 Å². The van der Waals surface area contributed by atoms with E-state index in [1.54, 1.807) is 26.2 Å². The number of anilines is 1. The molecule has 0 aliphatic heterocycles. The molecule has 0 unspecified atom stereocenters. The Morgan fingerprint density at radius 2 is 1.76 bits per heavy atom. The largest absolute Gasteiger partial charge is 0.496 e. The topological polar surface area (TPSA) is 98.5 Å². The third kappa shape index (κ3) is 4.11. The van der Waals surface area contributed by atoms with Crippen molar-refractivity contribution in [1.82, 2.24) is 0 Å². The maximum absolute atomic E-state index is 12.8. The predicted octanol–water partition coefficient (Wildman–Crippen LogP) is 3.03. The highest BCUT2D eigenvalue weighted by Gasteiger charge is 2.21. The van der Waals surface area contributed by atoms with Crippen LogP contribution in [0.15, 0.2) is 41.3 Å². The van der Waals surface area contributed by atoms with E-state index >= 15 is 0 Å². The minimum Gasteiger partial charge on any atom is -0.496 e. The van der Waals surface area contributed by atoms with E-state index in [0.29, 0.717) is 22.6 Å². The average Bonchev–Trinajstić information content (AvgIpc) is 2.54. The van der Waals surface area contributed by atoms with Crippen LogP contribution in [-0.4, -0.2) is 21.4 Å². The van der Waals surface area contributed by atoms with Gasteiger partial charge in [0, 0.05) is 11.3 Å². The highest BCUT2D eigenvalue weighted by molar-refractivity contribution is 7.92. The number of nitrogens with one attached hydrogen (secondary N) is 1.